The van der Waals surface area contributed by atoms with Crippen molar-refractivity contribution in [3.63, 3.8) is 0 Å². The molecule has 1 fully saturated rings. The highest BCUT2D eigenvalue weighted by atomic mass is 35.5. The van der Waals surface area contributed by atoms with Gasteiger partial charge in [-0.15, -0.1) is 34.8 Å². The molecule has 1 aliphatic heterocycles. The van der Waals surface area contributed by atoms with Crippen LogP contribution in [0.4, 0.5) is 0 Å². The zero-order valence-corrected chi connectivity index (χ0v) is 21.0. The summed E-state index contributed by atoms with van der Waals surface area (Å²) in [5, 5.41) is -0.203. The number of rotatable bonds is 6. The third-order valence-corrected chi connectivity index (χ3v) is 6.50. The quantitative estimate of drug-likeness (QED) is 0.348. The molecule has 4 rings (SSSR count). The Morgan fingerprint density at radius 3 is 0.848 bits per heavy atom. The van der Waals surface area contributed by atoms with Crippen LogP contribution >= 0.6 is 34.8 Å². The lowest BCUT2D eigenvalue weighted by atomic mass is 9.61. The van der Waals surface area contributed by atoms with E-state index in [1.54, 1.807) is 0 Å². The third-order valence-electron chi connectivity index (χ3n) is 5.75. The van der Waals surface area contributed by atoms with Crippen LogP contribution in [-0.2, 0) is 13.7 Å². The molecule has 0 spiro atoms. The summed E-state index contributed by atoms with van der Waals surface area (Å²) in [6.07, 6.45) is 0. The summed E-state index contributed by atoms with van der Waals surface area (Å²) in [5.74, 6) is 0. The van der Waals surface area contributed by atoms with Gasteiger partial charge in [0, 0.05) is 0 Å². The Labute approximate surface area is 212 Å². The van der Waals surface area contributed by atoms with Crippen LogP contribution in [0.25, 0.3) is 0 Å². The molecule has 0 N–H and O–H groups in total. The lowest BCUT2D eigenvalue weighted by molar-refractivity contribution is 0.308. The smallest absolute Gasteiger partial charge is 0.445 e. The molecule has 9 heteroatoms. The number of alkyl halides is 3. The Balaban J connectivity index is 1.63. The molecule has 3 atom stereocenters. The molecule has 1 aliphatic rings. The van der Waals surface area contributed by atoms with Crippen molar-refractivity contribution in [2.24, 2.45) is 0 Å². The molecule has 1 saturated heterocycles. The SMILES string of the molecule is CC(Cl)c1ccc(B2OB(c3ccc(C(C)Cl)cc3)OB(c3ccc(C(C)Cl)cc3)O2)cc1. The van der Waals surface area contributed by atoms with Crippen LogP contribution in [0.3, 0.4) is 0 Å². The van der Waals surface area contributed by atoms with E-state index < -0.39 is 21.4 Å². The lowest BCUT2D eigenvalue weighted by Crippen LogP contribution is -2.61. The van der Waals surface area contributed by atoms with Crippen LogP contribution < -0.4 is 16.4 Å². The maximum Gasteiger partial charge on any atom is 0.467 e. The Kier molecular flexibility index (Phi) is 8.17. The van der Waals surface area contributed by atoms with Gasteiger partial charge in [-0.1, -0.05) is 72.8 Å². The maximum absolute atomic E-state index is 6.24. The molecule has 3 nitrogen and oxygen atoms in total. The molecule has 168 valence electrons. The number of hydrogen-bond donors (Lipinski definition) is 0. The minimum atomic E-state index is -0.605. The molecule has 3 unspecified atom stereocenters. The van der Waals surface area contributed by atoms with Gasteiger partial charge in [0.1, 0.15) is 0 Å². The molecule has 0 bridgehead atoms. The summed E-state index contributed by atoms with van der Waals surface area (Å²) in [7, 11) is -1.81. The van der Waals surface area contributed by atoms with E-state index in [1.165, 1.54) is 0 Å². The van der Waals surface area contributed by atoms with Gasteiger partial charge in [0.05, 0.1) is 16.1 Å². The molecule has 3 aromatic carbocycles. The monoisotopic (exact) mass is 498 g/mol. The van der Waals surface area contributed by atoms with Crippen LogP contribution in [0.15, 0.2) is 72.8 Å². The molecular formula is C24H24B3Cl3O3. The van der Waals surface area contributed by atoms with Crippen molar-refractivity contribution in [1.29, 1.82) is 0 Å². The lowest BCUT2D eigenvalue weighted by Gasteiger charge is -2.31. The summed E-state index contributed by atoms with van der Waals surface area (Å²) in [6.45, 7) is 5.84. The Morgan fingerprint density at radius 2 is 0.667 bits per heavy atom. The van der Waals surface area contributed by atoms with Gasteiger partial charge in [-0.2, -0.15) is 0 Å². The average Bonchev–Trinajstić information content (AvgIpc) is 2.84. The average molecular weight is 499 g/mol. The van der Waals surface area contributed by atoms with E-state index >= 15 is 0 Å². The fourth-order valence-corrected chi connectivity index (χ4v) is 4.10. The molecule has 0 saturated carbocycles. The second-order valence-corrected chi connectivity index (χ2v) is 10.2. The summed E-state index contributed by atoms with van der Waals surface area (Å²) in [6, 6.07) is 23.8. The van der Waals surface area contributed by atoms with Crippen LogP contribution in [0, 0.1) is 0 Å². The number of benzene rings is 3. The standard InChI is InChI=1S/C24H24B3Cl3O3/c1-16(28)19-4-10-22(11-5-19)25-31-26(23-12-6-20(7-13-23)17(2)29)33-27(32-25)24-14-8-21(9-15-24)18(3)30/h4-18H,1-3H3. The van der Waals surface area contributed by atoms with E-state index in [1.807, 2.05) is 93.6 Å². The predicted molar refractivity (Wildman–Crippen MR) is 142 cm³/mol. The predicted octanol–water partition coefficient (Wildman–Crippen LogP) is 5.14. The summed E-state index contributed by atoms with van der Waals surface area (Å²) in [5.41, 5.74) is 5.80. The first-order chi connectivity index (χ1) is 15.8. The topological polar surface area (TPSA) is 27.7 Å². The van der Waals surface area contributed by atoms with Crippen molar-refractivity contribution in [3.8, 4) is 0 Å². The van der Waals surface area contributed by atoms with E-state index in [4.69, 9.17) is 48.5 Å². The van der Waals surface area contributed by atoms with Crippen LogP contribution in [0.2, 0.25) is 0 Å². The molecule has 0 aromatic heterocycles. The Morgan fingerprint density at radius 1 is 0.455 bits per heavy atom. The van der Waals surface area contributed by atoms with Gasteiger partial charge >= 0.3 is 21.4 Å². The zero-order valence-electron chi connectivity index (χ0n) is 18.8. The first kappa shape index (κ1) is 24.7. The van der Waals surface area contributed by atoms with E-state index in [-0.39, 0.29) is 16.1 Å². The largest absolute Gasteiger partial charge is 0.467 e. The highest BCUT2D eigenvalue weighted by Crippen LogP contribution is 2.21. The molecule has 3 aromatic rings. The fraction of sp³-hybridized carbons (Fsp3) is 0.250. The fourth-order valence-electron chi connectivity index (χ4n) is 3.66. The van der Waals surface area contributed by atoms with E-state index in [0.29, 0.717) is 0 Å². The minimum Gasteiger partial charge on any atom is -0.445 e. The number of halogens is 3. The summed E-state index contributed by atoms with van der Waals surface area (Å²) in [4.78, 5) is 0. The molecule has 33 heavy (non-hydrogen) atoms. The zero-order chi connectivity index (χ0) is 23.5. The highest BCUT2D eigenvalue weighted by molar-refractivity contribution is 6.87. The Bertz CT molecular complexity index is 903. The minimum absolute atomic E-state index is 0.0678. The van der Waals surface area contributed by atoms with Crippen molar-refractivity contribution in [2.45, 2.75) is 36.9 Å². The van der Waals surface area contributed by atoms with Crippen LogP contribution in [0.5, 0.6) is 0 Å². The third kappa shape index (κ3) is 6.00. The Hall–Kier alpha value is -1.40. The second-order valence-electron chi connectivity index (χ2n) is 8.25. The van der Waals surface area contributed by atoms with E-state index in [9.17, 15) is 0 Å². The molecular weight excluding hydrogens is 475 g/mol. The van der Waals surface area contributed by atoms with Gasteiger partial charge < -0.3 is 13.7 Å². The van der Waals surface area contributed by atoms with E-state index in [0.717, 1.165) is 33.1 Å². The van der Waals surface area contributed by atoms with Gasteiger partial charge in [0.15, 0.2) is 0 Å². The van der Waals surface area contributed by atoms with Gasteiger partial charge in [0.2, 0.25) is 0 Å². The molecule has 0 aliphatic carbocycles. The van der Waals surface area contributed by atoms with Gasteiger partial charge in [0.25, 0.3) is 0 Å². The summed E-state index contributed by atoms with van der Waals surface area (Å²) < 4.78 is 18.7. The van der Waals surface area contributed by atoms with Crippen molar-refractivity contribution in [1.82, 2.24) is 0 Å². The summed E-state index contributed by atoms with van der Waals surface area (Å²) >= 11 is 18.6. The van der Waals surface area contributed by atoms with Gasteiger partial charge in [-0.3, -0.25) is 0 Å². The molecule has 0 radical (unpaired) electrons. The first-order valence-corrected chi connectivity index (χ1v) is 12.3. The normalized spacial score (nSPS) is 17.1. The van der Waals surface area contributed by atoms with Crippen molar-refractivity contribution in [3.05, 3.63) is 89.5 Å². The highest BCUT2D eigenvalue weighted by Gasteiger charge is 2.43. The van der Waals surface area contributed by atoms with Crippen molar-refractivity contribution in [2.75, 3.05) is 0 Å². The molecule has 0 amide bonds. The first-order valence-electron chi connectivity index (χ1n) is 11.0. The van der Waals surface area contributed by atoms with Crippen LogP contribution in [0.1, 0.15) is 53.6 Å². The van der Waals surface area contributed by atoms with Gasteiger partial charge in [-0.25, -0.2) is 0 Å². The van der Waals surface area contributed by atoms with Gasteiger partial charge in [-0.05, 0) is 53.8 Å². The number of hydrogen-bond acceptors (Lipinski definition) is 3. The molecule has 1 heterocycles. The maximum atomic E-state index is 6.24. The van der Waals surface area contributed by atoms with Crippen LogP contribution in [-0.4, -0.2) is 21.4 Å². The second kappa shape index (κ2) is 10.9. The van der Waals surface area contributed by atoms with Crippen molar-refractivity contribution < 1.29 is 13.7 Å². The van der Waals surface area contributed by atoms with Crippen molar-refractivity contribution >= 4 is 72.5 Å². The van der Waals surface area contributed by atoms with E-state index in [2.05, 4.69) is 0 Å².